The number of carbonyl (C=O) groups excluding carboxylic acids is 3. The molecule has 0 aromatic carbocycles. The first-order valence-corrected chi connectivity index (χ1v) is 6.99. The Morgan fingerprint density at radius 1 is 1.32 bits per heavy atom. The summed E-state index contributed by atoms with van der Waals surface area (Å²) in [6.45, 7) is 2.60. The molecule has 0 aliphatic carbocycles. The normalized spacial score (nSPS) is 11.2. The minimum absolute atomic E-state index is 0. The van der Waals surface area contributed by atoms with Crippen LogP contribution in [-0.4, -0.2) is 90.0 Å². The first-order valence-electron chi connectivity index (χ1n) is 6.99. The Bertz CT molecular complexity index is 552. The second kappa shape index (κ2) is 13.0. The number of aromatic nitrogens is 1. The third-order valence-electron chi connectivity index (χ3n) is 2.92. The van der Waals surface area contributed by atoms with Crippen LogP contribution in [0.1, 0.15) is 30.6 Å². The van der Waals surface area contributed by atoms with E-state index in [1.807, 2.05) is 0 Å². The molecule has 0 bridgehead atoms. The molecule has 0 saturated heterocycles. The van der Waals surface area contributed by atoms with Gasteiger partial charge in [-0.25, -0.2) is 0 Å². The first kappa shape index (κ1) is 26.0. The number of hydrogen-bond acceptors (Lipinski definition) is 8. The van der Waals surface area contributed by atoms with Crippen LogP contribution in [-0.2, 0) is 9.59 Å². The summed E-state index contributed by atoms with van der Waals surface area (Å²) in [4.78, 5) is 34.9. The van der Waals surface area contributed by atoms with E-state index < -0.39 is 29.4 Å². The monoisotopic (exact) mass is 380 g/mol. The van der Waals surface area contributed by atoms with Crippen LogP contribution in [0.3, 0.4) is 0 Å². The number of rotatable bonds is 7. The summed E-state index contributed by atoms with van der Waals surface area (Å²) in [5, 5.41) is 40.7. The molecule has 1 aromatic rings. The van der Waals surface area contributed by atoms with Gasteiger partial charge in [0.05, 0.1) is 12.6 Å². The van der Waals surface area contributed by atoms with Crippen LogP contribution in [0.4, 0.5) is 0 Å². The van der Waals surface area contributed by atoms with Gasteiger partial charge in [0.15, 0.2) is 0 Å². The zero-order chi connectivity index (χ0) is 18.8. The van der Waals surface area contributed by atoms with E-state index >= 15 is 0 Å². The number of carboxylic acids is 2. The molecule has 3 N–H and O–H groups in total. The minimum Gasteiger partial charge on any atom is -0.550 e. The van der Waals surface area contributed by atoms with Crippen LogP contribution in [0.5, 0.6) is 0 Å². The molecule has 0 unspecified atom stereocenters. The Kier molecular flexibility index (Phi) is 13.5. The molecule has 10 heteroatoms. The van der Waals surface area contributed by atoms with E-state index in [9.17, 15) is 29.7 Å². The number of aromatic carboxylic acids is 1. The second-order valence-electron chi connectivity index (χ2n) is 5.49. The summed E-state index contributed by atoms with van der Waals surface area (Å²) in [5.74, 6) is -3.16. The Balaban J connectivity index is 0. The second-order valence-corrected chi connectivity index (χ2v) is 5.49. The van der Waals surface area contributed by atoms with Crippen molar-refractivity contribution in [1.29, 1.82) is 0 Å². The average molecular weight is 380 g/mol. The number of carboxylic acid groups (broad SMARTS) is 2. The number of pyridine rings is 1. The van der Waals surface area contributed by atoms with Gasteiger partial charge in [0.2, 0.25) is 5.91 Å². The molecule has 1 heterocycles. The Morgan fingerprint density at radius 3 is 2.28 bits per heavy atom. The molecule has 1 atom stereocenters. The van der Waals surface area contributed by atoms with E-state index in [0.717, 1.165) is 0 Å². The minimum atomic E-state index is -1.37. The quantitative estimate of drug-likeness (QED) is 0.414. The third kappa shape index (κ3) is 11.1. The summed E-state index contributed by atoms with van der Waals surface area (Å²) in [6.07, 6.45) is 1.07. The van der Waals surface area contributed by atoms with Gasteiger partial charge in [-0.1, -0.05) is 19.9 Å². The van der Waals surface area contributed by atoms with Crippen LogP contribution < -0.4 is 15.5 Å². The number of amides is 1. The smallest absolute Gasteiger partial charge is 0.550 e. The summed E-state index contributed by atoms with van der Waals surface area (Å²) in [6, 6.07) is 2.98. The van der Waals surface area contributed by atoms with Crippen molar-refractivity contribution in [2.24, 2.45) is 5.41 Å². The number of carbonyl (C=O) groups is 3. The Hall–Kier alpha value is -1.26. The van der Waals surface area contributed by atoms with Gasteiger partial charge in [-0.15, -0.1) is 0 Å². The molecule has 25 heavy (non-hydrogen) atoms. The number of aliphatic carboxylic acids is 1. The third-order valence-corrected chi connectivity index (χ3v) is 2.92. The number of nitrogens with zero attached hydrogens (tertiary/aromatic N) is 1. The molecular formula is C15H20CaN2O7. The molecule has 0 aliphatic rings. The Labute approximate surface area is 175 Å². The fourth-order valence-electron chi connectivity index (χ4n) is 1.31. The first-order chi connectivity index (χ1) is 11.1. The predicted octanol–water partition coefficient (Wildman–Crippen LogP) is -3.31. The number of hydrogen-bond donors (Lipinski definition) is 3. The fraction of sp³-hybridized carbons (Fsp3) is 0.467. The van der Waals surface area contributed by atoms with Crippen molar-refractivity contribution in [3.05, 3.63) is 30.1 Å². The van der Waals surface area contributed by atoms with Crippen molar-refractivity contribution in [2.45, 2.75) is 26.4 Å². The van der Waals surface area contributed by atoms with E-state index in [-0.39, 0.29) is 62.9 Å². The zero-order valence-corrected chi connectivity index (χ0v) is 16.3. The summed E-state index contributed by atoms with van der Waals surface area (Å²) >= 11 is 0. The maximum Gasteiger partial charge on any atom is 2.00 e. The van der Waals surface area contributed by atoms with E-state index in [4.69, 9.17) is 5.11 Å². The standard InChI is InChI=1S/C9H17NO5.C6H5NO2.Ca/c1-9(2,5-11)7(14)8(15)10-4-3-6(12)13;8-6(9)5-2-1-3-7-4-5;/h7,11,14H,3-5H2,1-2H3,(H,10,15)(H,12,13);1-4H,(H,8,9);/q;;+2/p-2/t7-;;/m0../s1. The summed E-state index contributed by atoms with van der Waals surface area (Å²) in [5.41, 5.74) is -0.844. The van der Waals surface area contributed by atoms with E-state index in [2.05, 4.69) is 10.3 Å². The van der Waals surface area contributed by atoms with E-state index in [0.29, 0.717) is 0 Å². The maximum absolute atomic E-state index is 11.2. The topological polar surface area (TPSA) is 163 Å². The molecule has 1 amide bonds. The molecule has 0 aliphatic heterocycles. The molecule has 0 saturated carbocycles. The summed E-state index contributed by atoms with van der Waals surface area (Å²) < 4.78 is 0. The number of nitrogens with one attached hydrogen (secondary N) is 1. The van der Waals surface area contributed by atoms with Gasteiger partial charge >= 0.3 is 37.7 Å². The fourth-order valence-corrected chi connectivity index (χ4v) is 1.31. The van der Waals surface area contributed by atoms with Gasteiger partial charge in [-0.3, -0.25) is 9.78 Å². The maximum atomic E-state index is 11.2. The van der Waals surface area contributed by atoms with Gasteiger partial charge in [0.1, 0.15) is 6.10 Å². The predicted molar refractivity (Wildman–Crippen MR) is 83.8 cm³/mol. The molecule has 0 spiro atoms. The van der Waals surface area contributed by atoms with Crippen molar-refractivity contribution >= 4 is 55.6 Å². The van der Waals surface area contributed by atoms with E-state index in [1.54, 1.807) is 6.07 Å². The van der Waals surface area contributed by atoms with Crippen molar-refractivity contribution in [2.75, 3.05) is 13.2 Å². The van der Waals surface area contributed by atoms with Gasteiger partial charge < -0.3 is 35.3 Å². The van der Waals surface area contributed by atoms with Crippen molar-refractivity contribution in [3.63, 3.8) is 0 Å². The molecule has 0 fully saturated rings. The van der Waals surface area contributed by atoms with Crippen LogP contribution >= 0.6 is 0 Å². The molecule has 134 valence electrons. The van der Waals surface area contributed by atoms with Crippen molar-refractivity contribution in [1.82, 2.24) is 10.3 Å². The van der Waals surface area contributed by atoms with Crippen LogP contribution in [0.2, 0.25) is 0 Å². The Morgan fingerprint density at radius 2 is 1.92 bits per heavy atom. The SMILES string of the molecule is CC(C)(CO)[C@@H](O)C(=O)NCCC(=O)[O-].O=C([O-])c1cccnc1.[Ca+2]. The molecule has 9 nitrogen and oxygen atoms in total. The van der Waals surface area contributed by atoms with Crippen LogP contribution in [0.15, 0.2) is 24.5 Å². The van der Waals surface area contributed by atoms with Crippen LogP contribution in [0, 0.1) is 5.41 Å². The molecule has 1 aromatic heterocycles. The molecule has 0 radical (unpaired) electrons. The van der Waals surface area contributed by atoms with Crippen molar-refractivity contribution in [3.8, 4) is 0 Å². The average Bonchev–Trinajstić information content (AvgIpc) is 2.55. The number of aliphatic hydroxyl groups is 2. The van der Waals surface area contributed by atoms with E-state index in [1.165, 1.54) is 32.3 Å². The largest absolute Gasteiger partial charge is 2.00 e. The molecular weight excluding hydrogens is 360 g/mol. The van der Waals surface area contributed by atoms with Crippen molar-refractivity contribution < 1.29 is 34.8 Å². The zero-order valence-electron chi connectivity index (χ0n) is 14.1. The van der Waals surface area contributed by atoms with Gasteiger partial charge in [-0.05, 0) is 6.07 Å². The number of aliphatic hydroxyl groups excluding tert-OH is 2. The summed E-state index contributed by atoms with van der Waals surface area (Å²) in [7, 11) is 0. The van der Waals surface area contributed by atoms with Crippen LogP contribution in [0.25, 0.3) is 0 Å². The van der Waals surface area contributed by atoms with Gasteiger partial charge in [0, 0.05) is 42.3 Å². The van der Waals surface area contributed by atoms with Gasteiger partial charge in [-0.2, -0.15) is 0 Å². The molecule has 1 rings (SSSR count). The van der Waals surface area contributed by atoms with Gasteiger partial charge in [0.25, 0.3) is 0 Å².